The lowest BCUT2D eigenvalue weighted by Gasteiger charge is -2.11. The molecule has 0 aliphatic rings. The number of nitrogens with one attached hydrogen (secondary N) is 1. The summed E-state index contributed by atoms with van der Waals surface area (Å²) < 4.78 is 4.99. The Morgan fingerprint density at radius 2 is 2.20 bits per heavy atom. The second-order valence-electron chi connectivity index (χ2n) is 4.25. The minimum absolute atomic E-state index is 0.0241. The molecule has 2 aromatic rings. The number of pyridine rings is 1. The van der Waals surface area contributed by atoms with Crippen LogP contribution in [-0.2, 0) is 0 Å². The SMILES string of the molecule is Cc1noc([C@@H](C)NC(=O)c2cccnc2)c1C(=O)O. The van der Waals surface area contributed by atoms with Crippen LogP contribution >= 0.6 is 0 Å². The van der Waals surface area contributed by atoms with Gasteiger partial charge in [0.25, 0.3) is 5.91 Å². The van der Waals surface area contributed by atoms with E-state index in [2.05, 4.69) is 15.5 Å². The van der Waals surface area contributed by atoms with E-state index in [-0.39, 0.29) is 22.9 Å². The monoisotopic (exact) mass is 275 g/mol. The number of aromatic nitrogens is 2. The van der Waals surface area contributed by atoms with Crippen LogP contribution in [-0.4, -0.2) is 27.1 Å². The Hall–Kier alpha value is -2.70. The van der Waals surface area contributed by atoms with E-state index in [0.717, 1.165) is 0 Å². The Balaban J connectivity index is 2.19. The molecule has 7 heteroatoms. The second-order valence-corrected chi connectivity index (χ2v) is 4.25. The second kappa shape index (κ2) is 5.52. The van der Waals surface area contributed by atoms with Crippen molar-refractivity contribution in [3.05, 3.63) is 47.1 Å². The third-order valence-electron chi connectivity index (χ3n) is 2.77. The number of rotatable bonds is 4. The lowest BCUT2D eigenvalue weighted by Crippen LogP contribution is -2.27. The van der Waals surface area contributed by atoms with Gasteiger partial charge in [0.1, 0.15) is 5.56 Å². The van der Waals surface area contributed by atoms with Crippen molar-refractivity contribution in [3.63, 3.8) is 0 Å². The molecule has 2 aromatic heterocycles. The van der Waals surface area contributed by atoms with E-state index < -0.39 is 12.0 Å². The summed E-state index contributed by atoms with van der Waals surface area (Å²) in [5.74, 6) is -1.38. The zero-order valence-corrected chi connectivity index (χ0v) is 11.0. The number of carbonyl (C=O) groups is 2. The molecule has 104 valence electrons. The maximum atomic E-state index is 12.0. The Morgan fingerprint density at radius 3 is 2.80 bits per heavy atom. The fraction of sp³-hybridized carbons (Fsp3) is 0.231. The van der Waals surface area contributed by atoms with Gasteiger partial charge in [-0.2, -0.15) is 0 Å². The zero-order valence-electron chi connectivity index (χ0n) is 11.0. The van der Waals surface area contributed by atoms with E-state index in [1.165, 1.54) is 13.1 Å². The highest BCUT2D eigenvalue weighted by molar-refractivity contribution is 5.94. The van der Waals surface area contributed by atoms with Crippen LogP contribution < -0.4 is 5.32 Å². The molecule has 0 aromatic carbocycles. The number of amides is 1. The number of carboxylic acids is 1. The molecular weight excluding hydrogens is 262 g/mol. The predicted octanol–water partition coefficient (Wildman–Crippen LogP) is 1.57. The van der Waals surface area contributed by atoms with Gasteiger partial charge >= 0.3 is 5.97 Å². The summed E-state index contributed by atoms with van der Waals surface area (Å²) in [7, 11) is 0. The van der Waals surface area contributed by atoms with Crippen LogP contribution in [0.25, 0.3) is 0 Å². The Labute approximate surface area is 114 Å². The van der Waals surface area contributed by atoms with Crippen molar-refractivity contribution in [2.75, 3.05) is 0 Å². The van der Waals surface area contributed by atoms with Gasteiger partial charge in [0.2, 0.25) is 0 Å². The lowest BCUT2D eigenvalue weighted by molar-refractivity contribution is 0.0690. The molecule has 0 bridgehead atoms. The van der Waals surface area contributed by atoms with Crippen molar-refractivity contribution in [2.24, 2.45) is 0 Å². The minimum Gasteiger partial charge on any atom is -0.477 e. The topological polar surface area (TPSA) is 105 Å². The van der Waals surface area contributed by atoms with Gasteiger partial charge in [0.05, 0.1) is 17.3 Å². The standard InChI is InChI=1S/C13H13N3O4/c1-7-10(13(18)19)11(20-16-7)8(2)15-12(17)9-4-3-5-14-6-9/h3-6,8H,1-2H3,(H,15,17)(H,18,19)/t8-/m1/s1. The van der Waals surface area contributed by atoms with Crippen LogP contribution in [0.3, 0.4) is 0 Å². The van der Waals surface area contributed by atoms with Crippen LogP contribution in [0.4, 0.5) is 0 Å². The number of nitrogens with zero attached hydrogens (tertiary/aromatic N) is 2. The molecule has 2 N–H and O–H groups in total. The van der Waals surface area contributed by atoms with Crippen molar-refractivity contribution in [1.82, 2.24) is 15.5 Å². The third-order valence-corrected chi connectivity index (χ3v) is 2.77. The van der Waals surface area contributed by atoms with Crippen LogP contribution in [0.1, 0.15) is 45.1 Å². The fourth-order valence-electron chi connectivity index (χ4n) is 1.79. The van der Waals surface area contributed by atoms with Crippen molar-refractivity contribution in [1.29, 1.82) is 0 Å². The van der Waals surface area contributed by atoms with Gasteiger partial charge < -0.3 is 14.9 Å². The fourth-order valence-corrected chi connectivity index (χ4v) is 1.79. The number of carboxylic acid groups (broad SMARTS) is 1. The van der Waals surface area contributed by atoms with Crippen LogP contribution in [0.5, 0.6) is 0 Å². The Morgan fingerprint density at radius 1 is 1.45 bits per heavy atom. The lowest BCUT2D eigenvalue weighted by atomic mass is 10.1. The third kappa shape index (κ3) is 2.66. The van der Waals surface area contributed by atoms with Gasteiger partial charge in [-0.05, 0) is 26.0 Å². The zero-order chi connectivity index (χ0) is 14.7. The quantitative estimate of drug-likeness (QED) is 0.877. The van der Waals surface area contributed by atoms with Crippen molar-refractivity contribution in [3.8, 4) is 0 Å². The molecule has 0 saturated heterocycles. The first-order chi connectivity index (χ1) is 9.50. The van der Waals surface area contributed by atoms with Crippen LogP contribution in [0.2, 0.25) is 0 Å². The highest BCUT2D eigenvalue weighted by atomic mass is 16.5. The summed E-state index contributed by atoms with van der Waals surface area (Å²) >= 11 is 0. The largest absolute Gasteiger partial charge is 0.477 e. The summed E-state index contributed by atoms with van der Waals surface area (Å²) in [6.45, 7) is 3.16. The van der Waals surface area contributed by atoms with E-state index in [0.29, 0.717) is 5.56 Å². The average molecular weight is 275 g/mol. The van der Waals surface area contributed by atoms with Crippen molar-refractivity contribution in [2.45, 2.75) is 19.9 Å². The smallest absolute Gasteiger partial charge is 0.341 e. The molecule has 0 radical (unpaired) electrons. The molecule has 20 heavy (non-hydrogen) atoms. The molecule has 0 aliphatic carbocycles. The van der Waals surface area contributed by atoms with Crippen molar-refractivity contribution >= 4 is 11.9 Å². The van der Waals surface area contributed by atoms with Gasteiger partial charge in [-0.15, -0.1) is 0 Å². The first kappa shape index (κ1) is 13.7. The molecule has 2 heterocycles. The molecule has 0 spiro atoms. The molecular formula is C13H13N3O4. The van der Waals surface area contributed by atoms with E-state index in [4.69, 9.17) is 9.63 Å². The highest BCUT2D eigenvalue weighted by Gasteiger charge is 2.25. The number of aryl methyl sites for hydroxylation is 1. The maximum absolute atomic E-state index is 12.0. The Bertz CT molecular complexity index is 636. The van der Waals surface area contributed by atoms with Crippen LogP contribution in [0.15, 0.2) is 29.0 Å². The minimum atomic E-state index is -1.14. The van der Waals surface area contributed by atoms with E-state index in [1.54, 1.807) is 25.3 Å². The van der Waals surface area contributed by atoms with E-state index in [9.17, 15) is 9.59 Å². The summed E-state index contributed by atoms with van der Waals surface area (Å²) in [5, 5.41) is 15.4. The Kier molecular flexibility index (Phi) is 3.79. The summed E-state index contributed by atoms with van der Waals surface area (Å²) in [6, 6.07) is 2.63. The van der Waals surface area contributed by atoms with E-state index in [1.807, 2.05) is 0 Å². The number of carbonyl (C=O) groups excluding carboxylic acids is 1. The van der Waals surface area contributed by atoms with Gasteiger partial charge in [0, 0.05) is 12.4 Å². The first-order valence-electron chi connectivity index (χ1n) is 5.91. The molecule has 2 rings (SSSR count). The van der Waals surface area contributed by atoms with E-state index >= 15 is 0 Å². The van der Waals surface area contributed by atoms with Crippen molar-refractivity contribution < 1.29 is 19.2 Å². The molecule has 1 amide bonds. The first-order valence-corrected chi connectivity index (χ1v) is 5.91. The summed E-state index contributed by atoms with van der Waals surface area (Å²) in [5.41, 5.74) is 0.631. The number of hydrogen-bond acceptors (Lipinski definition) is 5. The maximum Gasteiger partial charge on any atom is 0.341 e. The van der Waals surface area contributed by atoms with Crippen LogP contribution in [0, 0.1) is 6.92 Å². The molecule has 1 atom stereocenters. The van der Waals surface area contributed by atoms with Gasteiger partial charge in [0.15, 0.2) is 5.76 Å². The number of hydrogen-bond donors (Lipinski definition) is 2. The molecule has 7 nitrogen and oxygen atoms in total. The highest BCUT2D eigenvalue weighted by Crippen LogP contribution is 2.21. The summed E-state index contributed by atoms with van der Waals surface area (Å²) in [6.07, 6.45) is 2.98. The van der Waals surface area contributed by atoms with Gasteiger partial charge in [-0.1, -0.05) is 5.16 Å². The summed E-state index contributed by atoms with van der Waals surface area (Å²) in [4.78, 5) is 26.9. The molecule has 0 aliphatic heterocycles. The molecule has 0 saturated carbocycles. The average Bonchev–Trinajstić information content (AvgIpc) is 2.81. The van der Waals surface area contributed by atoms with Gasteiger partial charge in [-0.3, -0.25) is 9.78 Å². The molecule has 0 fully saturated rings. The normalized spacial score (nSPS) is 11.9. The number of aromatic carboxylic acids is 1. The predicted molar refractivity (Wildman–Crippen MR) is 68.3 cm³/mol. The molecule has 0 unspecified atom stereocenters. The van der Waals surface area contributed by atoms with Gasteiger partial charge in [-0.25, -0.2) is 4.79 Å².